The van der Waals surface area contributed by atoms with Crippen LogP contribution in [0.2, 0.25) is 0 Å². The van der Waals surface area contributed by atoms with Gasteiger partial charge in [-0.15, -0.1) is 0 Å². The summed E-state index contributed by atoms with van der Waals surface area (Å²) >= 11 is 0. The van der Waals surface area contributed by atoms with Gasteiger partial charge in [0, 0.05) is 5.41 Å². The maximum absolute atomic E-state index is 13.7. The highest BCUT2D eigenvalue weighted by Gasteiger charge is 2.35. The summed E-state index contributed by atoms with van der Waals surface area (Å²) in [5.74, 6) is -1.55. The molecule has 1 rings (SSSR count). The predicted octanol–water partition coefficient (Wildman–Crippen LogP) is 1.82. The number of nitrogens with two attached hydrogens (primary N) is 1. The molecule has 0 heterocycles. The minimum atomic E-state index is -1.13. The van der Waals surface area contributed by atoms with Crippen molar-refractivity contribution >= 4 is 5.97 Å². The van der Waals surface area contributed by atoms with Crippen LogP contribution < -0.4 is 5.73 Å². The first-order valence-corrected chi connectivity index (χ1v) is 5.02. The lowest BCUT2D eigenvalue weighted by atomic mass is 9.77. The van der Waals surface area contributed by atoms with Crippen molar-refractivity contribution in [2.24, 2.45) is 5.73 Å². The van der Waals surface area contributed by atoms with Crippen molar-refractivity contribution in [2.45, 2.75) is 32.2 Å². The van der Waals surface area contributed by atoms with E-state index >= 15 is 0 Å². The SMILES string of the molecule is Cc1ccc(C(C)(C)C(N)C(=O)O)c(F)c1. The van der Waals surface area contributed by atoms with Crippen molar-refractivity contribution in [2.75, 3.05) is 0 Å². The average Bonchev–Trinajstić information content (AvgIpc) is 2.15. The molecular weight excluding hydrogens is 209 g/mol. The molecule has 16 heavy (non-hydrogen) atoms. The molecule has 0 aromatic heterocycles. The first-order valence-electron chi connectivity index (χ1n) is 5.02. The molecule has 0 aliphatic carbocycles. The van der Waals surface area contributed by atoms with Gasteiger partial charge in [-0.1, -0.05) is 26.0 Å². The Balaban J connectivity index is 3.21. The molecule has 1 unspecified atom stereocenters. The van der Waals surface area contributed by atoms with Crippen LogP contribution in [-0.4, -0.2) is 17.1 Å². The monoisotopic (exact) mass is 225 g/mol. The fourth-order valence-electron chi connectivity index (χ4n) is 1.62. The topological polar surface area (TPSA) is 63.3 Å². The van der Waals surface area contributed by atoms with Crippen molar-refractivity contribution in [1.82, 2.24) is 0 Å². The van der Waals surface area contributed by atoms with Crippen molar-refractivity contribution in [3.63, 3.8) is 0 Å². The summed E-state index contributed by atoms with van der Waals surface area (Å²) in [7, 11) is 0. The molecule has 0 fully saturated rings. The molecule has 0 saturated heterocycles. The summed E-state index contributed by atoms with van der Waals surface area (Å²) in [6, 6.07) is 3.58. The van der Waals surface area contributed by atoms with Crippen molar-refractivity contribution in [1.29, 1.82) is 0 Å². The molecule has 0 aliphatic rings. The summed E-state index contributed by atoms with van der Waals surface area (Å²) in [6.07, 6.45) is 0. The molecule has 0 radical (unpaired) electrons. The molecule has 0 saturated carbocycles. The van der Waals surface area contributed by atoms with E-state index in [1.54, 1.807) is 32.9 Å². The Kier molecular flexibility index (Phi) is 3.33. The summed E-state index contributed by atoms with van der Waals surface area (Å²) in [6.45, 7) is 5.02. The zero-order valence-electron chi connectivity index (χ0n) is 9.62. The van der Waals surface area contributed by atoms with Gasteiger partial charge in [-0.05, 0) is 24.1 Å². The van der Waals surface area contributed by atoms with Gasteiger partial charge in [0.05, 0.1) is 0 Å². The first-order chi connectivity index (χ1) is 7.26. The molecule has 1 aromatic carbocycles. The summed E-state index contributed by atoms with van der Waals surface area (Å²) in [5, 5.41) is 8.88. The maximum atomic E-state index is 13.7. The fraction of sp³-hybridized carbons (Fsp3) is 0.417. The number of carbonyl (C=O) groups is 1. The van der Waals surface area contributed by atoms with Gasteiger partial charge < -0.3 is 10.8 Å². The number of halogens is 1. The van der Waals surface area contributed by atoms with Gasteiger partial charge in [0.1, 0.15) is 11.9 Å². The second-order valence-electron chi connectivity index (χ2n) is 4.52. The van der Waals surface area contributed by atoms with Crippen LogP contribution in [0.15, 0.2) is 18.2 Å². The van der Waals surface area contributed by atoms with Crippen LogP contribution in [0.1, 0.15) is 25.0 Å². The minimum absolute atomic E-state index is 0.327. The third kappa shape index (κ3) is 2.22. The van der Waals surface area contributed by atoms with Gasteiger partial charge in [0.25, 0.3) is 0 Å². The van der Waals surface area contributed by atoms with Crippen LogP contribution in [0.4, 0.5) is 4.39 Å². The Morgan fingerprint density at radius 1 is 1.50 bits per heavy atom. The summed E-state index contributed by atoms with van der Waals surface area (Å²) < 4.78 is 13.7. The molecule has 1 atom stereocenters. The van der Waals surface area contributed by atoms with E-state index in [1.165, 1.54) is 6.07 Å². The van der Waals surface area contributed by atoms with E-state index in [2.05, 4.69) is 0 Å². The van der Waals surface area contributed by atoms with Gasteiger partial charge in [0.15, 0.2) is 0 Å². The molecule has 0 spiro atoms. The molecule has 0 aliphatic heterocycles. The standard InChI is InChI=1S/C12H16FNO2/c1-7-4-5-8(9(13)6-7)12(2,3)10(14)11(15)16/h4-6,10H,14H2,1-3H3,(H,15,16). The molecule has 3 nitrogen and oxygen atoms in total. The van der Waals surface area contributed by atoms with E-state index in [9.17, 15) is 9.18 Å². The predicted molar refractivity (Wildman–Crippen MR) is 59.8 cm³/mol. The van der Waals surface area contributed by atoms with E-state index in [0.29, 0.717) is 5.56 Å². The highest BCUT2D eigenvalue weighted by molar-refractivity contribution is 5.75. The first kappa shape index (κ1) is 12.6. The molecule has 4 heteroatoms. The van der Waals surface area contributed by atoms with Gasteiger partial charge >= 0.3 is 5.97 Å². The quantitative estimate of drug-likeness (QED) is 0.824. The van der Waals surface area contributed by atoms with Gasteiger partial charge in [0.2, 0.25) is 0 Å². The Morgan fingerprint density at radius 2 is 2.06 bits per heavy atom. The number of rotatable bonds is 3. The fourth-order valence-corrected chi connectivity index (χ4v) is 1.62. The highest BCUT2D eigenvalue weighted by atomic mass is 19.1. The van der Waals surface area contributed by atoms with E-state index < -0.39 is 23.2 Å². The Hall–Kier alpha value is -1.42. The van der Waals surface area contributed by atoms with Crippen LogP contribution >= 0.6 is 0 Å². The molecule has 0 bridgehead atoms. The molecule has 0 amide bonds. The molecule has 88 valence electrons. The summed E-state index contributed by atoms with van der Waals surface area (Å²) in [5.41, 5.74) is 5.75. The van der Waals surface area contributed by atoms with Crippen LogP contribution in [0, 0.1) is 12.7 Å². The zero-order chi connectivity index (χ0) is 12.5. The van der Waals surface area contributed by atoms with Crippen LogP contribution in [-0.2, 0) is 10.2 Å². The van der Waals surface area contributed by atoms with Crippen LogP contribution in [0.25, 0.3) is 0 Å². The van der Waals surface area contributed by atoms with E-state index in [-0.39, 0.29) is 0 Å². The Labute approximate surface area is 94.1 Å². The Morgan fingerprint density at radius 3 is 2.50 bits per heavy atom. The highest BCUT2D eigenvalue weighted by Crippen LogP contribution is 2.29. The molecule has 3 N–H and O–H groups in total. The number of aliphatic carboxylic acids is 1. The van der Waals surface area contributed by atoms with E-state index in [0.717, 1.165) is 5.56 Å². The number of carboxylic acids is 1. The number of carboxylic acid groups (broad SMARTS) is 1. The second-order valence-corrected chi connectivity index (χ2v) is 4.52. The molecular formula is C12H16FNO2. The lowest BCUT2D eigenvalue weighted by molar-refractivity contribution is -0.140. The lowest BCUT2D eigenvalue weighted by Gasteiger charge is -2.29. The number of hydrogen-bond acceptors (Lipinski definition) is 2. The lowest BCUT2D eigenvalue weighted by Crippen LogP contribution is -2.47. The van der Waals surface area contributed by atoms with E-state index in [4.69, 9.17) is 10.8 Å². The van der Waals surface area contributed by atoms with Crippen molar-refractivity contribution in [3.05, 3.63) is 35.1 Å². The Bertz CT molecular complexity index is 415. The number of hydrogen-bond donors (Lipinski definition) is 2. The minimum Gasteiger partial charge on any atom is -0.480 e. The van der Waals surface area contributed by atoms with Gasteiger partial charge in [-0.2, -0.15) is 0 Å². The normalized spacial score (nSPS) is 13.6. The van der Waals surface area contributed by atoms with Crippen molar-refractivity contribution < 1.29 is 14.3 Å². The number of benzene rings is 1. The second kappa shape index (κ2) is 4.22. The third-order valence-electron chi connectivity index (χ3n) is 2.86. The largest absolute Gasteiger partial charge is 0.480 e. The summed E-state index contributed by atoms with van der Waals surface area (Å²) in [4.78, 5) is 10.9. The van der Waals surface area contributed by atoms with Crippen LogP contribution in [0.5, 0.6) is 0 Å². The van der Waals surface area contributed by atoms with Gasteiger partial charge in [-0.25, -0.2) is 4.39 Å². The third-order valence-corrected chi connectivity index (χ3v) is 2.86. The zero-order valence-corrected chi connectivity index (χ0v) is 9.62. The van der Waals surface area contributed by atoms with E-state index in [1.807, 2.05) is 0 Å². The van der Waals surface area contributed by atoms with Crippen LogP contribution in [0.3, 0.4) is 0 Å². The smallest absolute Gasteiger partial charge is 0.321 e. The van der Waals surface area contributed by atoms with Crippen molar-refractivity contribution in [3.8, 4) is 0 Å². The number of aryl methyl sites for hydroxylation is 1. The van der Waals surface area contributed by atoms with Gasteiger partial charge in [-0.3, -0.25) is 4.79 Å². The molecule has 1 aromatic rings. The maximum Gasteiger partial charge on any atom is 0.321 e. The average molecular weight is 225 g/mol.